The van der Waals surface area contributed by atoms with E-state index in [0.29, 0.717) is 13.1 Å². The summed E-state index contributed by atoms with van der Waals surface area (Å²) in [6.45, 7) is 8.82. The molecule has 0 atom stereocenters. The number of ether oxygens (including phenoxy) is 1. The molecule has 2 rings (SSSR count). The summed E-state index contributed by atoms with van der Waals surface area (Å²) >= 11 is 1.49. The molecular formula is C17H26N2O3S. The van der Waals surface area contributed by atoms with Gasteiger partial charge in [0.2, 0.25) is 0 Å². The van der Waals surface area contributed by atoms with Crippen LogP contribution in [-0.2, 0) is 4.74 Å². The molecular weight excluding hydrogens is 312 g/mol. The van der Waals surface area contributed by atoms with Gasteiger partial charge in [0, 0.05) is 26.2 Å². The standard InChI is InChI=1S/C17H26N2O3S/c1-12-8-11-23-14(12)15(20)18(5)13-6-9-19(10-7-13)16(21)22-17(2,3)4/h8,11,13H,6-7,9-10H2,1-5H3. The lowest BCUT2D eigenvalue weighted by atomic mass is 10.0. The van der Waals surface area contributed by atoms with Crippen LogP contribution in [0, 0.1) is 6.92 Å². The van der Waals surface area contributed by atoms with E-state index in [-0.39, 0.29) is 18.0 Å². The summed E-state index contributed by atoms with van der Waals surface area (Å²) in [4.78, 5) is 29.0. The Kier molecular flexibility index (Phi) is 5.34. The summed E-state index contributed by atoms with van der Waals surface area (Å²) in [5.41, 5.74) is 0.551. The summed E-state index contributed by atoms with van der Waals surface area (Å²) in [5.74, 6) is 0.0771. The third kappa shape index (κ3) is 4.47. The fraction of sp³-hybridized carbons (Fsp3) is 0.647. The van der Waals surface area contributed by atoms with Gasteiger partial charge in [-0.05, 0) is 57.5 Å². The number of aryl methyl sites for hydroxylation is 1. The van der Waals surface area contributed by atoms with Crippen LogP contribution in [0.3, 0.4) is 0 Å². The van der Waals surface area contributed by atoms with Crippen LogP contribution in [0.4, 0.5) is 4.79 Å². The monoisotopic (exact) mass is 338 g/mol. The third-order valence-electron chi connectivity index (χ3n) is 4.04. The number of hydrogen-bond donors (Lipinski definition) is 0. The van der Waals surface area contributed by atoms with Crippen molar-refractivity contribution in [2.75, 3.05) is 20.1 Å². The first-order chi connectivity index (χ1) is 10.7. The number of nitrogens with zero attached hydrogens (tertiary/aromatic N) is 2. The fourth-order valence-electron chi connectivity index (χ4n) is 2.68. The SMILES string of the molecule is Cc1ccsc1C(=O)N(C)C1CCN(C(=O)OC(C)(C)C)CC1. The first kappa shape index (κ1) is 17.8. The van der Waals surface area contributed by atoms with Crippen LogP contribution < -0.4 is 0 Å². The molecule has 1 aromatic rings. The van der Waals surface area contributed by atoms with Crippen LogP contribution in [-0.4, -0.2) is 53.6 Å². The number of carbonyl (C=O) groups excluding carboxylic acids is 2. The van der Waals surface area contributed by atoms with Crippen LogP contribution in [0.2, 0.25) is 0 Å². The predicted molar refractivity (Wildman–Crippen MR) is 92.0 cm³/mol. The Morgan fingerprint density at radius 1 is 1.30 bits per heavy atom. The van der Waals surface area contributed by atoms with E-state index in [9.17, 15) is 9.59 Å². The van der Waals surface area contributed by atoms with Crippen LogP contribution >= 0.6 is 11.3 Å². The molecule has 128 valence electrons. The zero-order valence-corrected chi connectivity index (χ0v) is 15.4. The highest BCUT2D eigenvalue weighted by atomic mass is 32.1. The van der Waals surface area contributed by atoms with Crippen LogP contribution in [0.15, 0.2) is 11.4 Å². The largest absolute Gasteiger partial charge is 0.444 e. The van der Waals surface area contributed by atoms with E-state index in [2.05, 4.69) is 0 Å². The first-order valence-corrected chi connectivity index (χ1v) is 8.86. The van der Waals surface area contributed by atoms with Crippen molar-refractivity contribution in [3.05, 3.63) is 21.9 Å². The van der Waals surface area contributed by atoms with Gasteiger partial charge in [0.05, 0.1) is 4.88 Å². The number of hydrogen-bond acceptors (Lipinski definition) is 4. The number of thiophene rings is 1. The highest BCUT2D eigenvalue weighted by molar-refractivity contribution is 7.12. The third-order valence-corrected chi connectivity index (χ3v) is 5.05. The molecule has 0 spiro atoms. The highest BCUT2D eigenvalue weighted by Crippen LogP contribution is 2.23. The summed E-state index contributed by atoms with van der Waals surface area (Å²) in [6.07, 6.45) is 1.30. The predicted octanol–water partition coefficient (Wildman–Crippen LogP) is 3.53. The lowest BCUT2D eigenvalue weighted by molar-refractivity contribution is 0.0160. The van der Waals surface area contributed by atoms with E-state index in [4.69, 9.17) is 4.74 Å². The summed E-state index contributed by atoms with van der Waals surface area (Å²) < 4.78 is 5.40. The minimum Gasteiger partial charge on any atom is -0.444 e. The minimum absolute atomic E-state index is 0.0771. The Balaban J connectivity index is 1.90. The van der Waals surface area contributed by atoms with E-state index in [1.165, 1.54) is 11.3 Å². The average molecular weight is 338 g/mol. The Labute approximate surface area is 142 Å². The Hall–Kier alpha value is -1.56. The summed E-state index contributed by atoms with van der Waals surface area (Å²) in [6, 6.07) is 2.14. The normalized spacial score (nSPS) is 16.3. The van der Waals surface area contributed by atoms with E-state index in [1.807, 2.05) is 51.1 Å². The van der Waals surface area contributed by atoms with Crippen molar-refractivity contribution in [2.24, 2.45) is 0 Å². The average Bonchev–Trinajstić information content (AvgIpc) is 2.90. The van der Waals surface area contributed by atoms with Crippen molar-refractivity contribution in [1.29, 1.82) is 0 Å². The summed E-state index contributed by atoms with van der Waals surface area (Å²) in [5, 5.41) is 1.95. The van der Waals surface area contributed by atoms with Gasteiger partial charge in [0.1, 0.15) is 5.60 Å². The number of piperidine rings is 1. The van der Waals surface area contributed by atoms with Gasteiger partial charge in [-0.2, -0.15) is 0 Å². The van der Waals surface area contributed by atoms with Gasteiger partial charge in [0.15, 0.2) is 0 Å². The molecule has 2 heterocycles. The molecule has 1 saturated heterocycles. The van der Waals surface area contributed by atoms with E-state index in [1.54, 1.807) is 4.90 Å². The van der Waals surface area contributed by atoms with E-state index in [0.717, 1.165) is 23.3 Å². The topological polar surface area (TPSA) is 49.9 Å². The van der Waals surface area contributed by atoms with Gasteiger partial charge in [-0.15, -0.1) is 11.3 Å². The van der Waals surface area contributed by atoms with E-state index < -0.39 is 5.60 Å². The zero-order valence-electron chi connectivity index (χ0n) is 14.6. The lowest BCUT2D eigenvalue weighted by Gasteiger charge is -2.37. The molecule has 0 N–H and O–H groups in total. The molecule has 0 aliphatic carbocycles. The van der Waals surface area contributed by atoms with Gasteiger partial charge in [-0.3, -0.25) is 4.79 Å². The van der Waals surface area contributed by atoms with Crippen molar-refractivity contribution in [1.82, 2.24) is 9.80 Å². The first-order valence-electron chi connectivity index (χ1n) is 7.98. The van der Waals surface area contributed by atoms with Gasteiger partial charge in [-0.25, -0.2) is 4.79 Å². The lowest BCUT2D eigenvalue weighted by Crippen LogP contribution is -2.48. The molecule has 5 nitrogen and oxygen atoms in total. The molecule has 0 aromatic carbocycles. The van der Waals surface area contributed by atoms with Crippen molar-refractivity contribution in [3.8, 4) is 0 Å². The number of amides is 2. The maximum atomic E-state index is 12.6. The number of rotatable bonds is 2. The van der Waals surface area contributed by atoms with Crippen molar-refractivity contribution in [2.45, 2.75) is 52.2 Å². The van der Waals surface area contributed by atoms with Gasteiger partial charge in [0.25, 0.3) is 5.91 Å². The zero-order chi connectivity index (χ0) is 17.2. The maximum absolute atomic E-state index is 12.6. The van der Waals surface area contributed by atoms with Crippen molar-refractivity contribution < 1.29 is 14.3 Å². The molecule has 1 fully saturated rings. The Morgan fingerprint density at radius 2 is 1.91 bits per heavy atom. The molecule has 2 amide bonds. The molecule has 23 heavy (non-hydrogen) atoms. The summed E-state index contributed by atoms with van der Waals surface area (Å²) in [7, 11) is 1.86. The van der Waals surface area contributed by atoms with Crippen LogP contribution in [0.25, 0.3) is 0 Å². The molecule has 0 saturated carbocycles. The number of carbonyl (C=O) groups is 2. The van der Waals surface area contributed by atoms with Gasteiger partial charge in [-0.1, -0.05) is 0 Å². The van der Waals surface area contributed by atoms with Gasteiger partial charge >= 0.3 is 6.09 Å². The molecule has 1 aromatic heterocycles. The molecule has 1 aliphatic heterocycles. The minimum atomic E-state index is -0.475. The van der Waals surface area contributed by atoms with Crippen molar-refractivity contribution >= 4 is 23.3 Å². The highest BCUT2D eigenvalue weighted by Gasteiger charge is 2.30. The molecule has 1 aliphatic rings. The van der Waals surface area contributed by atoms with Crippen molar-refractivity contribution in [3.63, 3.8) is 0 Å². The van der Waals surface area contributed by atoms with Crippen LogP contribution in [0.1, 0.15) is 48.8 Å². The second kappa shape index (κ2) is 6.91. The fourth-order valence-corrected chi connectivity index (χ4v) is 3.59. The quantitative estimate of drug-likeness (QED) is 0.829. The van der Waals surface area contributed by atoms with E-state index >= 15 is 0 Å². The maximum Gasteiger partial charge on any atom is 0.410 e. The molecule has 0 unspecified atom stereocenters. The second-order valence-corrected chi connectivity index (χ2v) is 7.96. The second-order valence-electron chi connectivity index (χ2n) is 7.05. The molecule has 6 heteroatoms. The smallest absolute Gasteiger partial charge is 0.410 e. The molecule has 0 bridgehead atoms. The Bertz CT molecular complexity index is 569. The van der Waals surface area contributed by atoms with Crippen LogP contribution in [0.5, 0.6) is 0 Å². The number of likely N-dealkylation sites (tertiary alicyclic amines) is 1. The van der Waals surface area contributed by atoms with Gasteiger partial charge < -0.3 is 14.5 Å². The molecule has 0 radical (unpaired) electrons. The Morgan fingerprint density at radius 3 is 2.39 bits per heavy atom.